The van der Waals surface area contributed by atoms with Gasteiger partial charge in [-0.25, -0.2) is 18.4 Å². The second kappa shape index (κ2) is 11.4. The molecule has 10 nitrogen and oxygen atoms in total. The summed E-state index contributed by atoms with van der Waals surface area (Å²) in [5, 5.41) is 7.17. The first-order valence-electron chi connectivity index (χ1n) is 12.8. The molecule has 5 heterocycles. The molecule has 1 fully saturated rings. The maximum atomic E-state index is 12.6. The average Bonchev–Trinajstić information content (AvgIpc) is 2.95. The van der Waals surface area contributed by atoms with Gasteiger partial charge in [-0.3, -0.25) is 14.8 Å². The van der Waals surface area contributed by atoms with Gasteiger partial charge < -0.3 is 15.4 Å². The van der Waals surface area contributed by atoms with E-state index in [1.807, 2.05) is 36.4 Å². The highest BCUT2D eigenvalue weighted by atomic mass is 32.2. The minimum atomic E-state index is -3.47. The zero-order valence-electron chi connectivity index (χ0n) is 21.8. The molecule has 0 unspecified atom stereocenters. The van der Waals surface area contributed by atoms with Crippen molar-refractivity contribution in [3.63, 3.8) is 0 Å². The van der Waals surface area contributed by atoms with Gasteiger partial charge in [0, 0.05) is 49.5 Å². The van der Waals surface area contributed by atoms with E-state index in [0.29, 0.717) is 11.6 Å². The van der Waals surface area contributed by atoms with Crippen molar-refractivity contribution in [2.24, 2.45) is 5.92 Å². The Hall–Kier alpha value is -3.96. The first kappa shape index (κ1) is 26.6. The number of sulfone groups is 1. The largest absolute Gasteiger partial charge is 0.381 e. The fourth-order valence-corrected chi connectivity index (χ4v) is 5.13. The predicted molar refractivity (Wildman–Crippen MR) is 148 cm³/mol. The minimum absolute atomic E-state index is 0.0124. The SMILES string of the molecule is C[C@@H](Nc1cccc(-c2ccc3cnc(CNC(=O)c4cncc(S(C)(=O)=O)c4)cc3n2)n1)C1CCOCC1. The minimum Gasteiger partial charge on any atom is -0.381 e. The molecule has 0 spiro atoms. The topological polar surface area (TPSA) is 136 Å². The lowest BCUT2D eigenvalue weighted by Crippen LogP contribution is -2.31. The fourth-order valence-electron chi connectivity index (χ4n) is 4.54. The molecule has 202 valence electrons. The van der Waals surface area contributed by atoms with Gasteiger partial charge >= 0.3 is 0 Å². The molecule has 1 aliphatic heterocycles. The number of nitrogens with one attached hydrogen (secondary N) is 2. The lowest BCUT2D eigenvalue weighted by Gasteiger charge is -2.28. The van der Waals surface area contributed by atoms with Gasteiger partial charge in [0.2, 0.25) is 0 Å². The summed E-state index contributed by atoms with van der Waals surface area (Å²) in [7, 11) is -3.47. The van der Waals surface area contributed by atoms with Crippen molar-refractivity contribution in [3.05, 3.63) is 72.3 Å². The molecule has 11 heteroatoms. The van der Waals surface area contributed by atoms with Crippen molar-refractivity contribution >= 4 is 32.5 Å². The molecule has 5 rings (SSSR count). The van der Waals surface area contributed by atoms with Gasteiger partial charge in [0.05, 0.1) is 39.6 Å². The maximum absolute atomic E-state index is 12.6. The number of aromatic nitrogens is 4. The van der Waals surface area contributed by atoms with Gasteiger partial charge in [-0.2, -0.15) is 0 Å². The quantitative estimate of drug-likeness (QED) is 0.339. The predicted octanol–water partition coefficient (Wildman–Crippen LogP) is 3.65. The molecule has 1 saturated heterocycles. The summed E-state index contributed by atoms with van der Waals surface area (Å²) in [5.74, 6) is 0.912. The molecule has 4 aromatic heterocycles. The van der Waals surface area contributed by atoms with Crippen molar-refractivity contribution in [1.82, 2.24) is 25.3 Å². The Bertz CT molecular complexity index is 1600. The second-order valence-corrected chi connectivity index (χ2v) is 11.7. The number of pyridine rings is 4. The summed E-state index contributed by atoms with van der Waals surface area (Å²) < 4.78 is 29.0. The van der Waals surface area contributed by atoms with E-state index in [1.165, 1.54) is 18.5 Å². The van der Waals surface area contributed by atoms with Gasteiger partial charge in [0.15, 0.2) is 9.84 Å². The number of fused-ring (bicyclic) bond motifs is 1. The zero-order chi connectivity index (χ0) is 27.4. The highest BCUT2D eigenvalue weighted by molar-refractivity contribution is 7.90. The number of rotatable bonds is 8. The van der Waals surface area contributed by atoms with Crippen molar-refractivity contribution < 1.29 is 17.9 Å². The summed E-state index contributed by atoms with van der Waals surface area (Å²) in [5.41, 5.74) is 2.98. The lowest BCUT2D eigenvalue weighted by atomic mass is 9.93. The Labute approximate surface area is 227 Å². The summed E-state index contributed by atoms with van der Waals surface area (Å²) in [6.45, 7) is 3.94. The van der Waals surface area contributed by atoms with E-state index in [-0.39, 0.29) is 23.0 Å². The number of hydrogen-bond acceptors (Lipinski definition) is 9. The molecule has 39 heavy (non-hydrogen) atoms. The molecule has 0 aromatic carbocycles. The third kappa shape index (κ3) is 6.55. The van der Waals surface area contributed by atoms with Crippen LogP contribution in [0.4, 0.5) is 5.82 Å². The molecule has 0 bridgehead atoms. The van der Waals surface area contributed by atoms with E-state index in [1.54, 1.807) is 6.20 Å². The summed E-state index contributed by atoms with van der Waals surface area (Å²) >= 11 is 0. The van der Waals surface area contributed by atoms with Crippen LogP contribution in [0.3, 0.4) is 0 Å². The summed E-state index contributed by atoms with van der Waals surface area (Å²) in [6, 6.07) is 13.1. The molecular weight excluding hydrogens is 516 g/mol. The summed E-state index contributed by atoms with van der Waals surface area (Å²) in [6.07, 6.45) is 7.41. The Morgan fingerprint density at radius 2 is 1.85 bits per heavy atom. The highest BCUT2D eigenvalue weighted by Gasteiger charge is 2.21. The first-order chi connectivity index (χ1) is 18.8. The van der Waals surface area contributed by atoms with Crippen LogP contribution >= 0.6 is 0 Å². The van der Waals surface area contributed by atoms with Crippen LogP contribution < -0.4 is 10.6 Å². The normalized spacial score (nSPS) is 15.1. The number of hydrogen-bond donors (Lipinski definition) is 2. The number of anilines is 1. The average molecular weight is 547 g/mol. The van der Waals surface area contributed by atoms with Gasteiger partial charge in [0.25, 0.3) is 5.91 Å². The molecular formula is C28H30N6O4S. The second-order valence-electron chi connectivity index (χ2n) is 9.72. The molecule has 0 saturated carbocycles. The van der Waals surface area contributed by atoms with Gasteiger partial charge in [0.1, 0.15) is 5.82 Å². The molecule has 1 aliphatic rings. The molecule has 0 aliphatic carbocycles. The molecule has 1 atom stereocenters. The Morgan fingerprint density at radius 3 is 2.64 bits per heavy atom. The van der Waals surface area contributed by atoms with E-state index in [4.69, 9.17) is 14.7 Å². The van der Waals surface area contributed by atoms with Crippen LogP contribution in [-0.4, -0.2) is 59.8 Å². The third-order valence-corrected chi connectivity index (χ3v) is 7.90. The van der Waals surface area contributed by atoms with E-state index >= 15 is 0 Å². The van der Waals surface area contributed by atoms with Crippen LogP contribution in [0.25, 0.3) is 22.3 Å². The van der Waals surface area contributed by atoms with Gasteiger partial charge in [-0.1, -0.05) is 6.07 Å². The molecule has 2 N–H and O–H groups in total. The Balaban J connectivity index is 1.29. The van der Waals surface area contributed by atoms with Crippen LogP contribution in [0.1, 0.15) is 35.8 Å². The smallest absolute Gasteiger partial charge is 0.253 e. The molecule has 1 amide bonds. The zero-order valence-corrected chi connectivity index (χ0v) is 22.6. The standard InChI is InChI=1S/C28H30N6O4S/c1-18(19-8-10-38-11-9-19)32-27-5-3-4-24(34-27)25-7-6-20-15-30-22(13-26(20)33-25)16-31-28(35)21-12-23(17-29-14-21)39(2,36)37/h3-7,12-15,17-19H,8-11,16H2,1-2H3,(H,31,35)(H,32,34)/t18-/m1/s1. The lowest BCUT2D eigenvalue weighted by molar-refractivity contribution is 0.0622. The van der Waals surface area contributed by atoms with Crippen molar-refractivity contribution in [3.8, 4) is 11.4 Å². The monoisotopic (exact) mass is 546 g/mol. The van der Waals surface area contributed by atoms with Crippen molar-refractivity contribution in [1.29, 1.82) is 0 Å². The van der Waals surface area contributed by atoms with Crippen LogP contribution in [-0.2, 0) is 21.1 Å². The van der Waals surface area contributed by atoms with E-state index in [9.17, 15) is 13.2 Å². The van der Waals surface area contributed by atoms with Crippen molar-refractivity contribution in [2.45, 2.75) is 37.2 Å². The number of amides is 1. The van der Waals surface area contributed by atoms with E-state index in [0.717, 1.165) is 60.4 Å². The summed E-state index contributed by atoms with van der Waals surface area (Å²) in [4.78, 5) is 30.5. The fraction of sp³-hybridized carbons (Fsp3) is 0.321. The molecule has 4 aromatic rings. The van der Waals surface area contributed by atoms with Gasteiger partial charge in [-0.15, -0.1) is 0 Å². The Kier molecular flexibility index (Phi) is 7.80. The van der Waals surface area contributed by atoms with E-state index < -0.39 is 15.7 Å². The number of carbonyl (C=O) groups is 1. The van der Waals surface area contributed by atoms with Crippen LogP contribution in [0.2, 0.25) is 0 Å². The Morgan fingerprint density at radius 1 is 1.05 bits per heavy atom. The highest BCUT2D eigenvalue weighted by Crippen LogP contribution is 2.24. The first-order valence-corrected chi connectivity index (χ1v) is 14.7. The van der Waals surface area contributed by atoms with Crippen LogP contribution in [0, 0.1) is 5.92 Å². The number of ether oxygens (including phenoxy) is 1. The van der Waals surface area contributed by atoms with Crippen LogP contribution in [0.5, 0.6) is 0 Å². The maximum Gasteiger partial charge on any atom is 0.253 e. The van der Waals surface area contributed by atoms with Gasteiger partial charge in [-0.05, 0) is 62.1 Å². The van der Waals surface area contributed by atoms with Crippen molar-refractivity contribution in [2.75, 3.05) is 24.8 Å². The third-order valence-electron chi connectivity index (χ3n) is 6.82. The number of nitrogens with zero attached hydrogens (tertiary/aromatic N) is 4. The molecule has 0 radical (unpaired) electrons. The van der Waals surface area contributed by atoms with Crippen LogP contribution in [0.15, 0.2) is 66.0 Å². The number of carbonyl (C=O) groups excluding carboxylic acids is 1. The van der Waals surface area contributed by atoms with E-state index in [2.05, 4.69) is 27.5 Å².